The summed E-state index contributed by atoms with van der Waals surface area (Å²) in [5.74, 6) is 0.106. The van der Waals surface area contributed by atoms with Crippen LogP contribution in [0.3, 0.4) is 0 Å². The Bertz CT molecular complexity index is 201. The molecule has 76 valence electrons. The largest absolute Gasteiger partial charge is 0.350 e. The number of carbonyl (C=O) groups excluding carboxylic acids is 1. The highest BCUT2D eigenvalue weighted by Crippen LogP contribution is 2.33. The minimum Gasteiger partial charge on any atom is -0.350 e. The van der Waals surface area contributed by atoms with E-state index in [4.69, 9.17) is 0 Å². The molecule has 0 aromatic heterocycles. The molecular formula is C10H20N2O. The third-order valence-electron chi connectivity index (χ3n) is 2.22. The standard InChI is InChI=1S/C10H20N2O/c1-9(2,3)11-7-8(13)12-10(4)5-6-10/h11H,5-7H2,1-4H3,(H,12,13). The fraction of sp³-hybridized carbons (Fsp3) is 0.900. The van der Waals surface area contributed by atoms with Gasteiger partial charge in [0.2, 0.25) is 5.91 Å². The number of hydrogen-bond acceptors (Lipinski definition) is 2. The molecule has 0 heterocycles. The Morgan fingerprint density at radius 1 is 1.38 bits per heavy atom. The van der Waals surface area contributed by atoms with E-state index < -0.39 is 0 Å². The molecule has 0 spiro atoms. The first-order valence-electron chi connectivity index (χ1n) is 4.87. The topological polar surface area (TPSA) is 41.1 Å². The summed E-state index contributed by atoms with van der Waals surface area (Å²) in [4.78, 5) is 11.4. The molecule has 0 radical (unpaired) electrons. The third kappa shape index (κ3) is 4.27. The summed E-state index contributed by atoms with van der Waals surface area (Å²) in [5, 5.41) is 6.16. The molecule has 0 unspecified atom stereocenters. The van der Waals surface area contributed by atoms with Crippen molar-refractivity contribution >= 4 is 5.91 Å². The van der Waals surface area contributed by atoms with Crippen LogP contribution in [0.4, 0.5) is 0 Å². The second kappa shape index (κ2) is 3.29. The molecule has 1 aliphatic carbocycles. The van der Waals surface area contributed by atoms with Gasteiger partial charge in [0.05, 0.1) is 6.54 Å². The molecule has 3 nitrogen and oxygen atoms in total. The fourth-order valence-electron chi connectivity index (χ4n) is 1.04. The van der Waals surface area contributed by atoms with Crippen LogP contribution < -0.4 is 10.6 Å². The van der Waals surface area contributed by atoms with Gasteiger partial charge in [-0.3, -0.25) is 4.79 Å². The lowest BCUT2D eigenvalue weighted by molar-refractivity contribution is -0.121. The van der Waals surface area contributed by atoms with E-state index in [1.165, 1.54) is 0 Å². The maximum atomic E-state index is 11.4. The van der Waals surface area contributed by atoms with Crippen molar-refractivity contribution in [2.45, 2.75) is 51.6 Å². The molecule has 1 aliphatic rings. The fourth-order valence-corrected chi connectivity index (χ4v) is 1.04. The Kier molecular flexibility index (Phi) is 2.66. The zero-order valence-corrected chi connectivity index (χ0v) is 9.03. The van der Waals surface area contributed by atoms with Gasteiger partial charge in [-0.1, -0.05) is 0 Å². The van der Waals surface area contributed by atoms with Gasteiger partial charge in [-0.2, -0.15) is 0 Å². The molecule has 0 saturated heterocycles. The summed E-state index contributed by atoms with van der Waals surface area (Å²) in [6.45, 7) is 8.67. The normalized spacial score (nSPS) is 19.7. The third-order valence-corrected chi connectivity index (χ3v) is 2.22. The van der Waals surface area contributed by atoms with Crippen LogP contribution in [0.15, 0.2) is 0 Å². The molecule has 13 heavy (non-hydrogen) atoms. The average Bonchev–Trinajstić information content (AvgIpc) is 2.62. The SMILES string of the molecule is CC(C)(C)NCC(=O)NC1(C)CC1. The van der Waals surface area contributed by atoms with E-state index >= 15 is 0 Å². The zero-order valence-electron chi connectivity index (χ0n) is 9.03. The summed E-state index contributed by atoms with van der Waals surface area (Å²) in [6, 6.07) is 0. The summed E-state index contributed by atoms with van der Waals surface area (Å²) < 4.78 is 0. The molecule has 3 heteroatoms. The van der Waals surface area contributed by atoms with E-state index in [0.29, 0.717) is 6.54 Å². The second-order valence-corrected chi connectivity index (χ2v) is 5.21. The first-order chi connectivity index (χ1) is 5.81. The van der Waals surface area contributed by atoms with Gasteiger partial charge in [-0.05, 0) is 40.5 Å². The van der Waals surface area contributed by atoms with Crippen LogP contribution >= 0.6 is 0 Å². The molecule has 2 N–H and O–H groups in total. The Hall–Kier alpha value is -0.570. The Morgan fingerprint density at radius 3 is 2.31 bits per heavy atom. The van der Waals surface area contributed by atoms with E-state index in [0.717, 1.165) is 12.8 Å². The lowest BCUT2D eigenvalue weighted by atomic mass is 10.1. The van der Waals surface area contributed by atoms with Crippen LogP contribution in [0.1, 0.15) is 40.5 Å². The lowest BCUT2D eigenvalue weighted by Gasteiger charge is -2.21. The van der Waals surface area contributed by atoms with Gasteiger partial charge in [0.1, 0.15) is 0 Å². The van der Waals surface area contributed by atoms with Crippen LogP contribution in [-0.4, -0.2) is 23.5 Å². The number of carbonyl (C=O) groups is 1. The molecule has 0 aromatic rings. The number of rotatable bonds is 3. The quantitative estimate of drug-likeness (QED) is 0.688. The van der Waals surface area contributed by atoms with Gasteiger partial charge in [-0.25, -0.2) is 0 Å². The van der Waals surface area contributed by atoms with Crippen LogP contribution in [0.2, 0.25) is 0 Å². The molecule has 1 fully saturated rings. The first-order valence-corrected chi connectivity index (χ1v) is 4.87. The van der Waals surface area contributed by atoms with Gasteiger partial charge in [-0.15, -0.1) is 0 Å². The van der Waals surface area contributed by atoms with Crippen molar-refractivity contribution < 1.29 is 4.79 Å². The van der Waals surface area contributed by atoms with E-state index in [1.807, 2.05) is 0 Å². The first kappa shape index (κ1) is 10.5. The minimum atomic E-state index is 0.0157. The number of nitrogens with one attached hydrogen (secondary N) is 2. The Balaban J connectivity index is 2.18. The van der Waals surface area contributed by atoms with Crippen LogP contribution in [-0.2, 0) is 4.79 Å². The van der Waals surface area contributed by atoms with E-state index in [9.17, 15) is 4.79 Å². The van der Waals surface area contributed by atoms with Gasteiger partial charge >= 0.3 is 0 Å². The molecule has 0 bridgehead atoms. The maximum absolute atomic E-state index is 11.4. The molecular weight excluding hydrogens is 164 g/mol. The predicted molar refractivity (Wildman–Crippen MR) is 53.5 cm³/mol. The van der Waals surface area contributed by atoms with Crippen LogP contribution in [0, 0.1) is 0 Å². The van der Waals surface area contributed by atoms with Crippen molar-refractivity contribution in [2.24, 2.45) is 0 Å². The van der Waals surface area contributed by atoms with Gasteiger partial charge in [0.25, 0.3) is 0 Å². The molecule has 1 rings (SSSR count). The van der Waals surface area contributed by atoms with Crippen molar-refractivity contribution in [3.05, 3.63) is 0 Å². The molecule has 0 atom stereocenters. The van der Waals surface area contributed by atoms with Crippen molar-refractivity contribution in [1.29, 1.82) is 0 Å². The molecule has 1 saturated carbocycles. The average molecular weight is 184 g/mol. The van der Waals surface area contributed by atoms with Crippen molar-refractivity contribution in [2.75, 3.05) is 6.54 Å². The molecule has 0 aliphatic heterocycles. The van der Waals surface area contributed by atoms with Gasteiger partial charge in [0, 0.05) is 11.1 Å². The lowest BCUT2D eigenvalue weighted by Crippen LogP contribution is -2.46. The predicted octanol–water partition coefficient (Wildman–Crippen LogP) is 1.04. The number of amides is 1. The summed E-state index contributed by atoms with van der Waals surface area (Å²) in [7, 11) is 0. The minimum absolute atomic E-state index is 0.0157. The maximum Gasteiger partial charge on any atom is 0.234 e. The van der Waals surface area contributed by atoms with E-state index in [1.54, 1.807) is 0 Å². The van der Waals surface area contributed by atoms with Gasteiger partial charge < -0.3 is 10.6 Å². The van der Waals surface area contributed by atoms with E-state index in [2.05, 4.69) is 38.3 Å². The number of hydrogen-bond donors (Lipinski definition) is 2. The zero-order chi connectivity index (χ0) is 10.1. The monoisotopic (exact) mass is 184 g/mol. The smallest absolute Gasteiger partial charge is 0.234 e. The Morgan fingerprint density at radius 2 is 1.92 bits per heavy atom. The second-order valence-electron chi connectivity index (χ2n) is 5.21. The van der Waals surface area contributed by atoms with Crippen LogP contribution in [0.25, 0.3) is 0 Å². The Labute approximate surface area is 80.3 Å². The van der Waals surface area contributed by atoms with Crippen molar-refractivity contribution in [3.63, 3.8) is 0 Å². The van der Waals surface area contributed by atoms with Crippen molar-refractivity contribution in [3.8, 4) is 0 Å². The molecule has 0 aromatic carbocycles. The van der Waals surface area contributed by atoms with Crippen molar-refractivity contribution in [1.82, 2.24) is 10.6 Å². The highest BCUT2D eigenvalue weighted by molar-refractivity contribution is 5.79. The van der Waals surface area contributed by atoms with Crippen LogP contribution in [0.5, 0.6) is 0 Å². The highest BCUT2D eigenvalue weighted by Gasteiger charge is 2.38. The van der Waals surface area contributed by atoms with E-state index in [-0.39, 0.29) is 17.0 Å². The summed E-state index contributed by atoms with van der Waals surface area (Å²) >= 11 is 0. The molecule has 1 amide bonds. The highest BCUT2D eigenvalue weighted by atomic mass is 16.2. The summed E-state index contributed by atoms with van der Waals surface area (Å²) in [5.41, 5.74) is 0.123. The summed E-state index contributed by atoms with van der Waals surface area (Å²) in [6.07, 6.45) is 2.24. The van der Waals surface area contributed by atoms with Gasteiger partial charge in [0.15, 0.2) is 0 Å².